The van der Waals surface area contributed by atoms with Crippen LogP contribution in [0.2, 0.25) is 0 Å². The molecule has 3 aromatic rings. The normalized spacial score (nSPS) is 14.4. The minimum absolute atomic E-state index is 0.0270. The lowest BCUT2D eigenvalue weighted by molar-refractivity contribution is -0.126. The maximum atomic E-state index is 14.7. The Labute approximate surface area is 203 Å². The van der Waals surface area contributed by atoms with Gasteiger partial charge in [-0.1, -0.05) is 37.1 Å². The van der Waals surface area contributed by atoms with Gasteiger partial charge in [0.15, 0.2) is 17.3 Å². The van der Waals surface area contributed by atoms with E-state index in [1.807, 2.05) is 0 Å². The van der Waals surface area contributed by atoms with Crippen LogP contribution in [0.1, 0.15) is 53.4 Å². The number of carbonyl (C=O) groups is 2. The SMILES string of the molecule is COc1ccc(C(C(=O)NC2CCCC2)N(Cc2ccccc2F)C(=O)c2ccco2)cc1OC. The summed E-state index contributed by atoms with van der Waals surface area (Å²) in [5.41, 5.74) is 0.793. The van der Waals surface area contributed by atoms with E-state index in [9.17, 15) is 14.0 Å². The second-order valence-corrected chi connectivity index (χ2v) is 8.51. The summed E-state index contributed by atoms with van der Waals surface area (Å²) in [5.74, 6) is -0.378. The van der Waals surface area contributed by atoms with E-state index >= 15 is 0 Å². The highest BCUT2D eigenvalue weighted by Crippen LogP contribution is 2.34. The first-order valence-corrected chi connectivity index (χ1v) is 11.6. The molecule has 1 N–H and O–H groups in total. The molecule has 4 rings (SSSR count). The maximum Gasteiger partial charge on any atom is 0.290 e. The Bertz CT molecular complexity index is 1160. The third-order valence-corrected chi connectivity index (χ3v) is 6.28. The number of hydrogen-bond donors (Lipinski definition) is 1. The highest BCUT2D eigenvalue weighted by Gasteiger charge is 2.35. The molecule has 0 saturated heterocycles. The van der Waals surface area contributed by atoms with Crippen molar-refractivity contribution in [2.24, 2.45) is 0 Å². The topological polar surface area (TPSA) is 81.0 Å². The van der Waals surface area contributed by atoms with Gasteiger partial charge < -0.3 is 24.1 Å². The summed E-state index contributed by atoms with van der Waals surface area (Å²) < 4.78 is 30.8. The van der Waals surface area contributed by atoms with Gasteiger partial charge in [-0.3, -0.25) is 9.59 Å². The minimum Gasteiger partial charge on any atom is -0.493 e. The predicted octanol–water partition coefficient (Wildman–Crippen LogP) is 4.88. The van der Waals surface area contributed by atoms with Crippen molar-refractivity contribution in [3.05, 3.63) is 83.6 Å². The number of hydrogen-bond acceptors (Lipinski definition) is 5. The standard InChI is InChI=1S/C27H29FN2O5/c1-33-22-14-13-18(16-24(22)34-2)25(26(31)29-20-9-4-5-10-20)30(27(32)23-12-7-15-35-23)17-19-8-3-6-11-21(19)28/h3,6-8,11-16,20,25H,4-5,9-10,17H2,1-2H3,(H,29,31). The highest BCUT2D eigenvalue weighted by molar-refractivity contribution is 5.96. The van der Waals surface area contributed by atoms with E-state index in [2.05, 4.69) is 5.32 Å². The molecular weight excluding hydrogens is 451 g/mol. The zero-order valence-corrected chi connectivity index (χ0v) is 19.8. The molecule has 184 valence electrons. The molecule has 0 aliphatic heterocycles. The Morgan fingerprint density at radius 1 is 1.06 bits per heavy atom. The van der Waals surface area contributed by atoms with Crippen LogP contribution in [-0.2, 0) is 11.3 Å². The van der Waals surface area contributed by atoms with Gasteiger partial charge >= 0.3 is 0 Å². The van der Waals surface area contributed by atoms with Crippen molar-refractivity contribution in [3.8, 4) is 11.5 Å². The van der Waals surface area contributed by atoms with Gasteiger partial charge in [0.1, 0.15) is 11.9 Å². The molecule has 2 aromatic carbocycles. The van der Waals surface area contributed by atoms with Gasteiger partial charge in [-0.2, -0.15) is 0 Å². The van der Waals surface area contributed by atoms with E-state index in [1.165, 1.54) is 37.5 Å². The van der Waals surface area contributed by atoms with E-state index in [1.54, 1.807) is 42.5 Å². The Balaban J connectivity index is 1.80. The first-order valence-electron chi connectivity index (χ1n) is 11.6. The first kappa shape index (κ1) is 24.3. The van der Waals surface area contributed by atoms with Crippen LogP contribution < -0.4 is 14.8 Å². The van der Waals surface area contributed by atoms with Crippen LogP contribution in [0.25, 0.3) is 0 Å². The second kappa shape index (κ2) is 11.1. The monoisotopic (exact) mass is 480 g/mol. The molecule has 1 atom stereocenters. The number of carbonyl (C=O) groups excluding carboxylic acids is 2. The molecule has 35 heavy (non-hydrogen) atoms. The predicted molar refractivity (Wildman–Crippen MR) is 128 cm³/mol. The number of halogens is 1. The molecule has 8 heteroatoms. The molecule has 1 fully saturated rings. The quantitative estimate of drug-likeness (QED) is 0.472. The highest BCUT2D eigenvalue weighted by atomic mass is 19.1. The van der Waals surface area contributed by atoms with Crippen LogP contribution >= 0.6 is 0 Å². The van der Waals surface area contributed by atoms with Crippen molar-refractivity contribution >= 4 is 11.8 Å². The lowest BCUT2D eigenvalue weighted by atomic mass is 10.0. The molecule has 1 aromatic heterocycles. The van der Waals surface area contributed by atoms with Crippen molar-refractivity contribution in [1.29, 1.82) is 0 Å². The summed E-state index contributed by atoms with van der Waals surface area (Å²) in [6, 6.07) is 13.3. The van der Waals surface area contributed by atoms with Crippen molar-refractivity contribution < 1.29 is 27.9 Å². The van der Waals surface area contributed by atoms with Gasteiger partial charge in [-0.15, -0.1) is 0 Å². The Morgan fingerprint density at radius 3 is 2.46 bits per heavy atom. The van der Waals surface area contributed by atoms with Crippen LogP contribution in [0.3, 0.4) is 0 Å². The Kier molecular flexibility index (Phi) is 7.70. The largest absolute Gasteiger partial charge is 0.493 e. The van der Waals surface area contributed by atoms with Crippen LogP contribution in [0.5, 0.6) is 11.5 Å². The van der Waals surface area contributed by atoms with Gasteiger partial charge in [0.05, 0.1) is 27.0 Å². The van der Waals surface area contributed by atoms with Crippen molar-refractivity contribution in [2.45, 2.75) is 44.3 Å². The van der Waals surface area contributed by atoms with Gasteiger partial charge in [0, 0.05) is 11.6 Å². The molecule has 2 amide bonds. The number of amides is 2. The number of ether oxygens (including phenoxy) is 2. The summed E-state index contributed by atoms with van der Waals surface area (Å²) in [7, 11) is 3.02. The van der Waals surface area contributed by atoms with Gasteiger partial charge in [-0.25, -0.2) is 4.39 Å². The summed E-state index contributed by atoms with van der Waals surface area (Å²) in [6.07, 6.45) is 5.22. The van der Waals surface area contributed by atoms with Crippen LogP contribution in [0, 0.1) is 5.82 Å². The molecule has 1 aliphatic carbocycles. The van der Waals surface area contributed by atoms with Crippen molar-refractivity contribution in [1.82, 2.24) is 10.2 Å². The number of methoxy groups -OCH3 is 2. The summed E-state index contributed by atoms with van der Waals surface area (Å²) >= 11 is 0. The molecular formula is C27H29FN2O5. The maximum absolute atomic E-state index is 14.7. The lowest BCUT2D eigenvalue weighted by Gasteiger charge is -2.32. The van der Waals surface area contributed by atoms with Gasteiger partial charge in [0.2, 0.25) is 5.91 Å². The van der Waals surface area contributed by atoms with E-state index in [0.29, 0.717) is 17.1 Å². The summed E-state index contributed by atoms with van der Waals surface area (Å²) in [4.78, 5) is 28.7. The number of benzene rings is 2. The fourth-order valence-electron chi connectivity index (χ4n) is 4.48. The van der Waals surface area contributed by atoms with E-state index in [0.717, 1.165) is 25.7 Å². The van der Waals surface area contributed by atoms with Crippen LogP contribution in [0.4, 0.5) is 4.39 Å². The Hall–Kier alpha value is -3.81. The van der Waals surface area contributed by atoms with Crippen molar-refractivity contribution in [2.75, 3.05) is 14.2 Å². The van der Waals surface area contributed by atoms with Crippen molar-refractivity contribution in [3.63, 3.8) is 0 Å². The molecule has 1 aliphatic rings. The first-order chi connectivity index (χ1) is 17.0. The minimum atomic E-state index is -1.06. The van der Waals surface area contributed by atoms with E-state index in [4.69, 9.17) is 13.9 Å². The number of furan rings is 1. The van der Waals surface area contributed by atoms with E-state index < -0.39 is 17.8 Å². The van der Waals surface area contributed by atoms with Gasteiger partial charge in [-0.05, 0) is 48.7 Å². The Morgan fingerprint density at radius 2 is 1.80 bits per heavy atom. The number of nitrogens with zero attached hydrogens (tertiary/aromatic N) is 1. The molecule has 0 bridgehead atoms. The molecule has 1 saturated carbocycles. The smallest absolute Gasteiger partial charge is 0.290 e. The third-order valence-electron chi connectivity index (χ3n) is 6.28. The fraction of sp³-hybridized carbons (Fsp3) is 0.333. The molecule has 1 unspecified atom stereocenters. The zero-order chi connectivity index (χ0) is 24.8. The average Bonchev–Trinajstić information content (AvgIpc) is 3.59. The number of nitrogens with one attached hydrogen (secondary N) is 1. The fourth-order valence-corrected chi connectivity index (χ4v) is 4.48. The average molecular weight is 481 g/mol. The van der Waals surface area contributed by atoms with E-state index in [-0.39, 0.29) is 29.8 Å². The van der Waals surface area contributed by atoms with Gasteiger partial charge in [0.25, 0.3) is 5.91 Å². The second-order valence-electron chi connectivity index (χ2n) is 8.51. The molecule has 1 heterocycles. The van der Waals surface area contributed by atoms with Crippen LogP contribution in [-0.4, -0.2) is 37.0 Å². The third kappa shape index (κ3) is 5.48. The zero-order valence-electron chi connectivity index (χ0n) is 19.8. The van der Waals surface area contributed by atoms with Crippen LogP contribution in [0.15, 0.2) is 65.3 Å². The lowest BCUT2D eigenvalue weighted by Crippen LogP contribution is -2.46. The molecule has 0 radical (unpaired) electrons. The number of rotatable bonds is 9. The summed E-state index contributed by atoms with van der Waals surface area (Å²) in [5, 5.41) is 3.10. The summed E-state index contributed by atoms with van der Waals surface area (Å²) in [6.45, 7) is -0.136. The molecule has 0 spiro atoms. The molecule has 7 nitrogen and oxygen atoms in total.